The van der Waals surface area contributed by atoms with Crippen molar-refractivity contribution in [3.05, 3.63) is 70.7 Å². The third-order valence-electron chi connectivity index (χ3n) is 3.59. The van der Waals surface area contributed by atoms with Crippen LogP contribution < -0.4 is 0 Å². The van der Waals surface area contributed by atoms with E-state index in [1.54, 1.807) is 0 Å². The van der Waals surface area contributed by atoms with E-state index in [1.165, 1.54) is 38.3 Å². The van der Waals surface area contributed by atoms with E-state index in [0.717, 1.165) is 18.2 Å². The molecule has 0 unspecified atom stereocenters. The molecule has 2 aromatic rings. The maximum atomic E-state index is 12.8. The Morgan fingerprint density at radius 2 is 1.65 bits per heavy atom. The van der Waals surface area contributed by atoms with Crippen LogP contribution in [0.2, 0.25) is 0 Å². The summed E-state index contributed by atoms with van der Waals surface area (Å²) in [7, 11) is 1.27. The molecule has 1 heterocycles. The lowest BCUT2D eigenvalue weighted by atomic mass is 9.94. The number of nitrogens with zero attached hydrogens (tertiary/aromatic N) is 1. The van der Waals surface area contributed by atoms with Crippen LogP contribution in [0.4, 0.5) is 13.2 Å². The number of halogens is 3. The number of pyridine rings is 1. The van der Waals surface area contributed by atoms with Crippen molar-refractivity contribution >= 4 is 17.3 Å². The first-order valence-electron chi connectivity index (χ1n) is 7.33. The number of hydrogen-bond acceptors (Lipinski definition) is 4. The molecule has 1 aromatic heterocycles. The number of alkyl halides is 3. The SMILES string of the molecule is COC(C)=C(C(=O)O)c1ccccc1C(=O)c1cccc(C(F)(F)F)n1. The van der Waals surface area contributed by atoms with Crippen LogP contribution in [-0.2, 0) is 15.7 Å². The van der Waals surface area contributed by atoms with Crippen LogP contribution in [0.25, 0.3) is 5.57 Å². The van der Waals surface area contributed by atoms with Crippen molar-refractivity contribution in [1.29, 1.82) is 0 Å². The van der Waals surface area contributed by atoms with Gasteiger partial charge in [-0.1, -0.05) is 30.3 Å². The molecule has 0 bridgehead atoms. The van der Waals surface area contributed by atoms with Gasteiger partial charge in [0, 0.05) is 11.1 Å². The normalized spacial score (nSPS) is 12.3. The van der Waals surface area contributed by atoms with E-state index in [9.17, 15) is 27.9 Å². The number of allylic oxidation sites excluding steroid dienone is 1. The number of carboxylic acids is 1. The predicted molar refractivity (Wildman–Crippen MR) is 86.4 cm³/mol. The molecule has 0 saturated heterocycles. The largest absolute Gasteiger partial charge is 0.500 e. The standard InChI is InChI=1S/C18H14F3NO4/c1-10(26-2)15(17(24)25)11-6-3-4-7-12(11)16(23)13-8-5-9-14(22-13)18(19,20)21/h3-9H,1-2H3,(H,24,25). The Morgan fingerprint density at radius 3 is 2.19 bits per heavy atom. The van der Waals surface area contributed by atoms with E-state index in [0.29, 0.717) is 0 Å². The third kappa shape index (κ3) is 3.90. The number of carboxylic acid groups (broad SMARTS) is 1. The second-order valence-electron chi connectivity index (χ2n) is 5.22. The fourth-order valence-corrected chi connectivity index (χ4v) is 2.31. The Kier molecular flexibility index (Phi) is 5.44. The van der Waals surface area contributed by atoms with Crippen molar-refractivity contribution in [3.8, 4) is 0 Å². The monoisotopic (exact) mass is 365 g/mol. The quantitative estimate of drug-likeness (QED) is 0.496. The fourth-order valence-electron chi connectivity index (χ4n) is 2.31. The highest BCUT2D eigenvalue weighted by Crippen LogP contribution is 2.29. The van der Waals surface area contributed by atoms with Gasteiger partial charge >= 0.3 is 12.1 Å². The van der Waals surface area contributed by atoms with Crippen LogP contribution in [0.3, 0.4) is 0 Å². The lowest BCUT2D eigenvalue weighted by molar-refractivity contribution is -0.141. The molecule has 0 aliphatic rings. The first-order chi connectivity index (χ1) is 12.2. The molecule has 0 saturated carbocycles. The number of carbonyl (C=O) groups excluding carboxylic acids is 1. The van der Waals surface area contributed by atoms with Crippen molar-refractivity contribution in [2.45, 2.75) is 13.1 Å². The predicted octanol–water partition coefficient (Wildman–Crippen LogP) is 3.79. The van der Waals surface area contributed by atoms with E-state index >= 15 is 0 Å². The van der Waals surface area contributed by atoms with Gasteiger partial charge in [-0.15, -0.1) is 0 Å². The average molecular weight is 365 g/mol. The van der Waals surface area contributed by atoms with Gasteiger partial charge in [0.2, 0.25) is 5.78 Å². The lowest BCUT2D eigenvalue weighted by Crippen LogP contribution is -2.14. The van der Waals surface area contributed by atoms with Crippen molar-refractivity contribution in [1.82, 2.24) is 4.98 Å². The molecule has 0 spiro atoms. The third-order valence-corrected chi connectivity index (χ3v) is 3.59. The maximum Gasteiger partial charge on any atom is 0.433 e. The van der Waals surface area contributed by atoms with E-state index in [1.807, 2.05) is 0 Å². The number of methoxy groups -OCH3 is 1. The highest BCUT2D eigenvalue weighted by atomic mass is 19.4. The number of ketones is 1. The van der Waals surface area contributed by atoms with Gasteiger partial charge in [0.05, 0.1) is 7.11 Å². The van der Waals surface area contributed by atoms with Gasteiger partial charge in [-0.2, -0.15) is 13.2 Å². The Morgan fingerprint density at radius 1 is 1.04 bits per heavy atom. The number of carbonyl (C=O) groups is 2. The molecule has 0 aliphatic heterocycles. The first kappa shape index (κ1) is 19.2. The Bertz CT molecular complexity index is 888. The van der Waals surface area contributed by atoms with Crippen molar-refractivity contribution in [2.75, 3.05) is 7.11 Å². The molecule has 1 N–H and O–H groups in total. The highest BCUT2D eigenvalue weighted by molar-refractivity contribution is 6.21. The summed E-state index contributed by atoms with van der Waals surface area (Å²) < 4.78 is 43.4. The summed E-state index contributed by atoms with van der Waals surface area (Å²) in [5.41, 5.74) is -1.96. The average Bonchev–Trinajstić information content (AvgIpc) is 2.60. The molecule has 8 heteroatoms. The van der Waals surface area contributed by atoms with Gasteiger partial charge in [0.25, 0.3) is 0 Å². The summed E-state index contributed by atoms with van der Waals surface area (Å²) in [5, 5.41) is 9.44. The molecule has 0 amide bonds. The van der Waals surface area contributed by atoms with Crippen LogP contribution in [0, 0.1) is 0 Å². The molecule has 0 radical (unpaired) electrons. The number of hydrogen-bond donors (Lipinski definition) is 1. The van der Waals surface area contributed by atoms with E-state index in [4.69, 9.17) is 4.74 Å². The van der Waals surface area contributed by atoms with E-state index < -0.39 is 29.3 Å². The van der Waals surface area contributed by atoms with Crippen LogP contribution in [0.5, 0.6) is 0 Å². The number of aliphatic carboxylic acids is 1. The summed E-state index contributed by atoms with van der Waals surface area (Å²) in [4.78, 5) is 27.6. The number of ether oxygens (including phenoxy) is 1. The molecule has 0 aliphatic carbocycles. The van der Waals surface area contributed by atoms with Gasteiger partial charge in [0.15, 0.2) is 0 Å². The highest BCUT2D eigenvalue weighted by Gasteiger charge is 2.33. The summed E-state index contributed by atoms with van der Waals surface area (Å²) >= 11 is 0. The smallest absolute Gasteiger partial charge is 0.433 e. The first-order valence-corrected chi connectivity index (χ1v) is 7.33. The maximum absolute atomic E-state index is 12.8. The minimum absolute atomic E-state index is 0.0311. The second kappa shape index (κ2) is 7.38. The Hall–Kier alpha value is -3.16. The molecule has 136 valence electrons. The Labute approximate surface area is 146 Å². The van der Waals surface area contributed by atoms with Crippen molar-refractivity contribution < 1.29 is 32.6 Å². The van der Waals surface area contributed by atoms with Crippen LogP contribution in [0.1, 0.15) is 34.2 Å². The van der Waals surface area contributed by atoms with Gasteiger partial charge in [-0.25, -0.2) is 9.78 Å². The topological polar surface area (TPSA) is 76.5 Å². The van der Waals surface area contributed by atoms with Gasteiger partial charge in [-0.3, -0.25) is 4.79 Å². The summed E-state index contributed by atoms with van der Waals surface area (Å²) in [5.74, 6) is -2.11. The Balaban J connectivity index is 2.61. The zero-order valence-corrected chi connectivity index (χ0v) is 13.8. The van der Waals surface area contributed by atoms with E-state index in [2.05, 4.69) is 4.98 Å². The minimum atomic E-state index is -4.70. The zero-order chi connectivity index (χ0) is 19.5. The molecule has 0 atom stereocenters. The van der Waals surface area contributed by atoms with Crippen LogP contribution >= 0.6 is 0 Å². The van der Waals surface area contributed by atoms with E-state index in [-0.39, 0.29) is 22.5 Å². The van der Waals surface area contributed by atoms with Crippen molar-refractivity contribution in [2.24, 2.45) is 0 Å². The zero-order valence-electron chi connectivity index (χ0n) is 13.8. The van der Waals surface area contributed by atoms with Crippen LogP contribution in [-0.4, -0.2) is 29.0 Å². The van der Waals surface area contributed by atoms with Gasteiger partial charge in [0.1, 0.15) is 22.7 Å². The molecule has 1 aromatic carbocycles. The molecule has 0 fully saturated rings. The molecular formula is C18H14F3NO4. The summed E-state index contributed by atoms with van der Waals surface area (Å²) in [6.45, 7) is 1.41. The van der Waals surface area contributed by atoms with Gasteiger partial charge in [-0.05, 0) is 19.1 Å². The number of rotatable bonds is 5. The van der Waals surface area contributed by atoms with Gasteiger partial charge < -0.3 is 9.84 Å². The lowest BCUT2D eigenvalue weighted by Gasteiger charge is -2.12. The molecule has 5 nitrogen and oxygen atoms in total. The number of benzene rings is 1. The number of aromatic nitrogens is 1. The summed E-state index contributed by atoms with van der Waals surface area (Å²) in [6, 6.07) is 8.66. The second-order valence-corrected chi connectivity index (χ2v) is 5.22. The fraction of sp³-hybridized carbons (Fsp3) is 0.167. The summed E-state index contributed by atoms with van der Waals surface area (Å²) in [6.07, 6.45) is -4.70. The van der Waals surface area contributed by atoms with Crippen molar-refractivity contribution in [3.63, 3.8) is 0 Å². The van der Waals surface area contributed by atoms with Crippen LogP contribution in [0.15, 0.2) is 48.2 Å². The molecule has 2 rings (SSSR count). The molecular weight excluding hydrogens is 351 g/mol. The minimum Gasteiger partial charge on any atom is -0.500 e. The molecule has 26 heavy (non-hydrogen) atoms.